The van der Waals surface area contributed by atoms with Gasteiger partial charge in [-0.05, 0) is 50.9 Å². The van der Waals surface area contributed by atoms with Crippen LogP contribution in [0.3, 0.4) is 0 Å². The number of ketones is 1. The van der Waals surface area contributed by atoms with E-state index in [-0.39, 0.29) is 45.0 Å². The Morgan fingerprint density at radius 3 is 2.41 bits per heavy atom. The van der Waals surface area contributed by atoms with E-state index >= 15 is 0 Å². The van der Waals surface area contributed by atoms with E-state index in [1.165, 1.54) is 6.92 Å². The van der Waals surface area contributed by atoms with E-state index in [0.717, 1.165) is 25.7 Å². The third-order valence-corrected chi connectivity index (χ3v) is 8.89. The van der Waals surface area contributed by atoms with Gasteiger partial charge in [-0.15, -0.1) is 0 Å². The number of halogens is 1. The topological polar surface area (TPSA) is 52.6 Å². The van der Waals surface area contributed by atoms with E-state index < -0.39 is 5.60 Å². The Kier molecular flexibility index (Phi) is 5.00. The monoisotopic (exact) mass is 440 g/mol. The van der Waals surface area contributed by atoms with Gasteiger partial charge in [0.25, 0.3) is 0 Å². The molecular weight excluding hydrogens is 408 g/mol. The van der Waals surface area contributed by atoms with E-state index in [1.807, 2.05) is 6.92 Å². The molecule has 3 fully saturated rings. The number of hydrogen-bond donors (Lipinski definition) is 0. The average molecular weight is 441 g/mol. The molecule has 1 heterocycles. The Morgan fingerprint density at radius 2 is 1.85 bits per heavy atom. The van der Waals surface area contributed by atoms with Crippen molar-refractivity contribution in [3.05, 3.63) is 12.7 Å². The van der Waals surface area contributed by atoms with Crippen molar-refractivity contribution in [3.8, 4) is 0 Å². The summed E-state index contributed by atoms with van der Waals surface area (Å²) in [4.78, 5) is 24.5. The largest absolute Gasteiger partial charge is 0.462 e. The fourth-order valence-corrected chi connectivity index (χ4v) is 8.31. The highest BCUT2D eigenvalue weighted by Gasteiger charge is 2.67. The van der Waals surface area contributed by atoms with Gasteiger partial charge in [-0.3, -0.25) is 9.59 Å². The molecule has 0 spiro atoms. The van der Waals surface area contributed by atoms with Gasteiger partial charge in [0.1, 0.15) is 11.7 Å². The van der Waals surface area contributed by atoms with Crippen molar-refractivity contribution in [1.82, 2.24) is 0 Å². The van der Waals surface area contributed by atoms with Gasteiger partial charge in [0, 0.05) is 18.3 Å². The number of Topliss-reactive ketones (excluding diaryl/α,β-unsaturated/α-hetero) is 1. The molecule has 3 aliphatic rings. The van der Waals surface area contributed by atoms with Gasteiger partial charge in [-0.2, -0.15) is 0 Å². The van der Waals surface area contributed by atoms with Gasteiger partial charge in [0.2, 0.25) is 0 Å². The second kappa shape index (κ2) is 6.41. The van der Waals surface area contributed by atoms with Crippen LogP contribution < -0.4 is 0 Å². The summed E-state index contributed by atoms with van der Waals surface area (Å²) in [5, 5.41) is 0. The number of alkyl halides is 1. The van der Waals surface area contributed by atoms with Crippen LogP contribution in [0.25, 0.3) is 0 Å². The summed E-state index contributed by atoms with van der Waals surface area (Å²) in [6.45, 7) is 16.1. The molecule has 4 nitrogen and oxygen atoms in total. The standard InChI is InChI=1S/C22H33BrO4/c1-8-21(6)18(25)16(23)17-20(5)11-10-15(26-13(2)24)19(3,4)14(20)9-12-22(17,7)27-21/h8,14-17H,1,9-12H2,2-7H3/t14?,15-,16?,17?,20-,21+,22+/m1/s1. The normalized spacial score (nSPS) is 48.9. The van der Waals surface area contributed by atoms with Gasteiger partial charge in [0.05, 0.1) is 10.4 Å². The number of rotatable bonds is 2. The Hall–Kier alpha value is -0.680. The molecule has 3 rings (SSSR count). The fourth-order valence-electron chi connectivity index (χ4n) is 6.69. The van der Waals surface area contributed by atoms with Crippen molar-refractivity contribution < 1.29 is 19.1 Å². The van der Waals surface area contributed by atoms with Gasteiger partial charge < -0.3 is 9.47 Å². The highest BCUT2D eigenvalue weighted by Crippen LogP contribution is 2.66. The van der Waals surface area contributed by atoms with Crippen LogP contribution in [0, 0.1) is 22.7 Å². The predicted molar refractivity (Wildman–Crippen MR) is 109 cm³/mol. The maximum atomic E-state index is 13.2. The van der Waals surface area contributed by atoms with E-state index in [0.29, 0.717) is 5.92 Å². The number of hydrogen-bond acceptors (Lipinski definition) is 4. The zero-order chi connectivity index (χ0) is 20.4. The zero-order valence-corrected chi connectivity index (χ0v) is 19.0. The van der Waals surface area contributed by atoms with Crippen LogP contribution >= 0.6 is 15.9 Å². The average Bonchev–Trinajstić information content (AvgIpc) is 2.54. The van der Waals surface area contributed by atoms with Gasteiger partial charge in [0.15, 0.2) is 5.78 Å². The minimum Gasteiger partial charge on any atom is -0.462 e. The SMILES string of the molecule is C=C[C@]1(C)O[C@@]2(C)CCC3C(C)(C)[C@H](OC(C)=O)CC[C@@]3(C)C2C(Br)C1=O. The van der Waals surface area contributed by atoms with Gasteiger partial charge in [-0.25, -0.2) is 0 Å². The maximum Gasteiger partial charge on any atom is 0.302 e. The Bertz CT molecular complexity index is 673. The van der Waals surface area contributed by atoms with E-state index in [1.54, 1.807) is 6.08 Å². The summed E-state index contributed by atoms with van der Waals surface area (Å²) in [6.07, 6.45) is 5.18. The quantitative estimate of drug-likeness (QED) is 0.350. The molecule has 0 N–H and O–H groups in total. The van der Waals surface area contributed by atoms with E-state index in [4.69, 9.17) is 9.47 Å². The summed E-state index contributed by atoms with van der Waals surface area (Å²) in [7, 11) is 0. The third kappa shape index (κ3) is 2.95. The van der Waals surface area contributed by atoms with E-state index in [9.17, 15) is 9.59 Å². The first-order chi connectivity index (χ1) is 12.3. The number of carbonyl (C=O) groups is 2. The lowest BCUT2D eigenvalue weighted by Crippen LogP contribution is -2.70. The number of carbonyl (C=O) groups excluding carboxylic acids is 2. The first kappa shape index (κ1) is 21.0. The lowest BCUT2D eigenvalue weighted by Gasteiger charge is -2.66. The highest BCUT2D eigenvalue weighted by atomic mass is 79.9. The minimum absolute atomic E-state index is 0.0572. The minimum atomic E-state index is -0.951. The molecule has 0 aromatic carbocycles. The predicted octanol–water partition coefficient (Wildman–Crippen LogP) is 4.84. The summed E-state index contributed by atoms with van der Waals surface area (Å²) in [6, 6.07) is 0. The molecule has 1 saturated heterocycles. The van der Waals surface area contributed by atoms with Crippen molar-refractivity contribution in [3.63, 3.8) is 0 Å². The van der Waals surface area contributed by atoms with Crippen LogP contribution in [0.1, 0.15) is 67.2 Å². The highest BCUT2D eigenvalue weighted by molar-refractivity contribution is 9.10. The van der Waals surface area contributed by atoms with Crippen LogP contribution in [-0.2, 0) is 19.1 Å². The molecule has 0 amide bonds. The molecule has 2 aliphatic carbocycles. The summed E-state index contributed by atoms with van der Waals surface area (Å²) < 4.78 is 12.2. The van der Waals surface area contributed by atoms with Gasteiger partial charge >= 0.3 is 5.97 Å². The molecule has 0 aromatic heterocycles. The molecule has 27 heavy (non-hydrogen) atoms. The second-order valence-corrected chi connectivity index (χ2v) is 11.0. The van der Waals surface area contributed by atoms with Crippen LogP contribution in [0.5, 0.6) is 0 Å². The maximum absolute atomic E-state index is 13.2. The summed E-state index contributed by atoms with van der Waals surface area (Å²) in [5.74, 6) is 0.267. The van der Waals surface area contributed by atoms with Crippen molar-refractivity contribution >= 4 is 27.7 Å². The van der Waals surface area contributed by atoms with Gasteiger partial charge in [-0.1, -0.05) is 49.4 Å². The molecular formula is C22H33BrO4. The van der Waals surface area contributed by atoms with Crippen molar-refractivity contribution in [2.45, 2.75) is 89.4 Å². The smallest absolute Gasteiger partial charge is 0.302 e. The molecule has 7 atom stereocenters. The fraction of sp³-hybridized carbons (Fsp3) is 0.818. The van der Waals surface area contributed by atoms with Crippen LogP contribution in [-0.4, -0.2) is 33.9 Å². The third-order valence-electron chi connectivity index (χ3n) is 7.94. The number of ether oxygens (including phenoxy) is 2. The lowest BCUT2D eigenvalue weighted by molar-refractivity contribution is -0.251. The summed E-state index contributed by atoms with van der Waals surface area (Å²) in [5.41, 5.74) is -1.55. The molecule has 5 heteroatoms. The first-order valence-corrected chi connectivity index (χ1v) is 10.9. The lowest BCUT2D eigenvalue weighted by atomic mass is 9.43. The number of esters is 1. The van der Waals surface area contributed by atoms with Crippen molar-refractivity contribution in [2.24, 2.45) is 22.7 Å². The van der Waals surface area contributed by atoms with Crippen molar-refractivity contribution in [2.75, 3.05) is 0 Å². The number of fused-ring (bicyclic) bond motifs is 3. The second-order valence-electron chi connectivity index (χ2n) is 10.0. The molecule has 0 radical (unpaired) electrons. The molecule has 0 bridgehead atoms. The zero-order valence-electron chi connectivity index (χ0n) is 17.4. The Labute approximate surface area is 171 Å². The molecule has 2 saturated carbocycles. The first-order valence-electron chi connectivity index (χ1n) is 10.0. The molecule has 0 aromatic rings. The van der Waals surface area contributed by atoms with Crippen LogP contribution in [0.4, 0.5) is 0 Å². The Morgan fingerprint density at radius 1 is 1.22 bits per heavy atom. The van der Waals surface area contributed by atoms with Crippen LogP contribution in [0.15, 0.2) is 12.7 Å². The van der Waals surface area contributed by atoms with Crippen LogP contribution in [0.2, 0.25) is 0 Å². The summed E-state index contributed by atoms with van der Waals surface area (Å²) >= 11 is 3.77. The Balaban J connectivity index is 2.01. The molecule has 3 unspecified atom stereocenters. The molecule has 1 aliphatic heterocycles. The van der Waals surface area contributed by atoms with E-state index in [2.05, 4.69) is 50.2 Å². The molecule has 152 valence electrons. The van der Waals surface area contributed by atoms with Crippen molar-refractivity contribution in [1.29, 1.82) is 0 Å².